The van der Waals surface area contributed by atoms with Crippen molar-refractivity contribution in [2.75, 3.05) is 5.32 Å². The van der Waals surface area contributed by atoms with Gasteiger partial charge in [0.25, 0.3) is 0 Å². The molecule has 15 heavy (non-hydrogen) atoms. The topological polar surface area (TPSA) is 12.0 Å². The Kier molecular flexibility index (Phi) is 7.43. The van der Waals surface area contributed by atoms with E-state index in [4.69, 9.17) is 0 Å². The minimum absolute atomic E-state index is 1.05. The second-order valence-electron chi connectivity index (χ2n) is 3.32. The van der Waals surface area contributed by atoms with E-state index >= 15 is 0 Å². The number of anilines is 1. The molecule has 1 aromatic carbocycles. The molecule has 0 amide bonds. The third-order valence-corrected chi connectivity index (χ3v) is 2.03. The van der Waals surface area contributed by atoms with Gasteiger partial charge in [0.15, 0.2) is 0 Å². The highest BCUT2D eigenvalue weighted by Crippen LogP contribution is 2.13. The molecule has 0 unspecified atom stereocenters. The number of para-hydroxylation sites is 1. The molecular formula is C14H23N. The normalized spacial score (nSPS) is 8.60. The van der Waals surface area contributed by atoms with E-state index < -0.39 is 0 Å². The first kappa shape index (κ1) is 13.8. The van der Waals surface area contributed by atoms with Gasteiger partial charge in [-0.25, -0.2) is 0 Å². The van der Waals surface area contributed by atoms with Crippen LogP contribution in [0.1, 0.15) is 41.0 Å². The highest BCUT2D eigenvalue weighted by atomic mass is 14.9. The Morgan fingerprint density at radius 1 is 1.07 bits per heavy atom. The van der Waals surface area contributed by atoms with E-state index in [1.54, 1.807) is 0 Å². The molecule has 0 spiro atoms. The predicted molar refractivity (Wildman–Crippen MR) is 70.1 cm³/mol. The van der Waals surface area contributed by atoms with Crippen LogP contribution in [-0.4, -0.2) is 0 Å². The van der Waals surface area contributed by atoms with Crippen molar-refractivity contribution in [1.82, 2.24) is 0 Å². The van der Waals surface area contributed by atoms with Crippen LogP contribution in [0, 0.1) is 0 Å². The predicted octanol–water partition coefficient (Wildman–Crippen LogP) is 4.83. The number of nitrogens with one attached hydrogen (secondary N) is 1. The van der Waals surface area contributed by atoms with Crippen molar-refractivity contribution < 1.29 is 0 Å². The Labute approximate surface area is 94.2 Å². The van der Waals surface area contributed by atoms with Gasteiger partial charge in [-0.2, -0.15) is 0 Å². The van der Waals surface area contributed by atoms with Crippen LogP contribution >= 0.6 is 0 Å². The summed E-state index contributed by atoms with van der Waals surface area (Å²) in [6.45, 7) is 10.4. The zero-order valence-corrected chi connectivity index (χ0v) is 10.6. The third kappa shape index (κ3) is 5.26. The molecule has 0 aliphatic rings. The largest absolute Gasteiger partial charge is 0.359 e. The summed E-state index contributed by atoms with van der Waals surface area (Å²) in [4.78, 5) is 0. The standard InChI is InChI=1S/C12H17N.C2H6/c1-4-12(10(2)3)13-11-8-6-5-7-9-11;1-2/h5-9,13H,4H2,1-3H3;1-2H3. The fourth-order valence-electron chi connectivity index (χ4n) is 1.26. The lowest BCUT2D eigenvalue weighted by Gasteiger charge is -2.10. The SMILES string of the molecule is CC.CCC(Nc1ccccc1)=C(C)C. The molecule has 0 radical (unpaired) electrons. The van der Waals surface area contributed by atoms with Gasteiger partial charge in [0.05, 0.1) is 0 Å². The number of rotatable bonds is 3. The van der Waals surface area contributed by atoms with Crippen LogP contribution in [0.2, 0.25) is 0 Å². The van der Waals surface area contributed by atoms with E-state index in [-0.39, 0.29) is 0 Å². The lowest BCUT2D eigenvalue weighted by atomic mass is 10.2. The number of hydrogen-bond acceptors (Lipinski definition) is 1. The molecule has 0 aromatic heterocycles. The van der Waals surface area contributed by atoms with E-state index in [9.17, 15) is 0 Å². The van der Waals surface area contributed by atoms with Gasteiger partial charge in [-0.1, -0.05) is 44.5 Å². The Hall–Kier alpha value is -1.24. The quantitative estimate of drug-likeness (QED) is 0.745. The molecule has 1 nitrogen and oxygen atoms in total. The van der Waals surface area contributed by atoms with Crippen LogP contribution < -0.4 is 5.32 Å². The smallest absolute Gasteiger partial charge is 0.0381 e. The van der Waals surface area contributed by atoms with Gasteiger partial charge >= 0.3 is 0 Å². The fourth-order valence-corrected chi connectivity index (χ4v) is 1.26. The summed E-state index contributed by atoms with van der Waals surface area (Å²) in [6.07, 6.45) is 1.05. The van der Waals surface area contributed by atoms with Gasteiger partial charge in [-0.05, 0) is 32.4 Å². The zero-order valence-electron chi connectivity index (χ0n) is 10.6. The maximum atomic E-state index is 3.41. The average Bonchev–Trinajstić information content (AvgIpc) is 2.29. The van der Waals surface area contributed by atoms with Crippen LogP contribution in [-0.2, 0) is 0 Å². The molecule has 84 valence electrons. The van der Waals surface area contributed by atoms with Gasteiger partial charge in [-0.15, -0.1) is 0 Å². The molecule has 0 saturated heterocycles. The van der Waals surface area contributed by atoms with Crippen molar-refractivity contribution in [3.63, 3.8) is 0 Å². The van der Waals surface area contributed by atoms with Gasteiger partial charge < -0.3 is 5.32 Å². The summed E-state index contributed by atoms with van der Waals surface area (Å²) in [7, 11) is 0. The number of allylic oxidation sites excluding steroid dienone is 2. The van der Waals surface area contributed by atoms with Gasteiger partial charge in [0, 0.05) is 11.4 Å². The summed E-state index contributed by atoms with van der Waals surface area (Å²) >= 11 is 0. The monoisotopic (exact) mass is 205 g/mol. The maximum absolute atomic E-state index is 3.41. The van der Waals surface area contributed by atoms with Gasteiger partial charge in [0.2, 0.25) is 0 Å². The summed E-state index contributed by atoms with van der Waals surface area (Å²) < 4.78 is 0. The Morgan fingerprint density at radius 3 is 2.00 bits per heavy atom. The summed E-state index contributed by atoms with van der Waals surface area (Å²) in [6, 6.07) is 10.3. The molecular weight excluding hydrogens is 182 g/mol. The Bertz CT molecular complexity index is 281. The first-order valence-corrected chi connectivity index (χ1v) is 5.72. The second-order valence-corrected chi connectivity index (χ2v) is 3.32. The average molecular weight is 205 g/mol. The lowest BCUT2D eigenvalue weighted by Crippen LogP contribution is -1.99. The number of benzene rings is 1. The molecule has 0 heterocycles. The minimum atomic E-state index is 1.05. The zero-order chi connectivity index (χ0) is 11.7. The van der Waals surface area contributed by atoms with Crippen molar-refractivity contribution in [1.29, 1.82) is 0 Å². The molecule has 0 aliphatic heterocycles. The maximum Gasteiger partial charge on any atom is 0.0381 e. The highest BCUT2D eigenvalue weighted by Gasteiger charge is 1.96. The first-order chi connectivity index (χ1) is 7.24. The molecule has 0 aliphatic carbocycles. The van der Waals surface area contributed by atoms with Crippen molar-refractivity contribution in [2.45, 2.75) is 41.0 Å². The summed E-state index contributed by atoms with van der Waals surface area (Å²) in [5.74, 6) is 0. The fraction of sp³-hybridized carbons (Fsp3) is 0.429. The Morgan fingerprint density at radius 2 is 1.60 bits per heavy atom. The molecule has 1 heteroatoms. The van der Waals surface area contributed by atoms with Gasteiger partial charge in [-0.3, -0.25) is 0 Å². The molecule has 1 rings (SSSR count). The molecule has 1 N–H and O–H groups in total. The van der Waals surface area contributed by atoms with Crippen LogP contribution in [0.15, 0.2) is 41.6 Å². The molecule has 0 atom stereocenters. The van der Waals surface area contributed by atoms with E-state index in [0.29, 0.717) is 0 Å². The third-order valence-electron chi connectivity index (χ3n) is 2.03. The van der Waals surface area contributed by atoms with Crippen LogP contribution in [0.5, 0.6) is 0 Å². The molecule has 1 aromatic rings. The van der Waals surface area contributed by atoms with E-state index in [0.717, 1.165) is 6.42 Å². The van der Waals surface area contributed by atoms with Crippen molar-refractivity contribution in [3.8, 4) is 0 Å². The first-order valence-electron chi connectivity index (χ1n) is 5.72. The van der Waals surface area contributed by atoms with Crippen molar-refractivity contribution >= 4 is 5.69 Å². The van der Waals surface area contributed by atoms with Crippen LogP contribution in [0.25, 0.3) is 0 Å². The summed E-state index contributed by atoms with van der Waals surface area (Å²) in [5, 5.41) is 3.41. The van der Waals surface area contributed by atoms with Crippen LogP contribution in [0.4, 0.5) is 5.69 Å². The summed E-state index contributed by atoms with van der Waals surface area (Å²) in [5.41, 5.74) is 3.83. The van der Waals surface area contributed by atoms with Crippen LogP contribution in [0.3, 0.4) is 0 Å². The minimum Gasteiger partial charge on any atom is -0.359 e. The van der Waals surface area contributed by atoms with Crippen molar-refractivity contribution in [2.24, 2.45) is 0 Å². The van der Waals surface area contributed by atoms with E-state index in [1.165, 1.54) is 17.0 Å². The molecule has 0 saturated carbocycles. The highest BCUT2D eigenvalue weighted by molar-refractivity contribution is 5.48. The van der Waals surface area contributed by atoms with Crippen molar-refractivity contribution in [3.05, 3.63) is 41.6 Å². The Balaban J connectivity index is 0.000000921. The van der Waals surface area contributed by atoms with E-state index in [1.807, 2.05) is 32.0 Å². The lowest BCUT2D eigenvalue weighted by molar-refractivity contribution is 1.06. The van der Waals surface area contributed by atoms with Gasteiger partial charge in [0.1, 0.15) is 0 Å². The second kappa shape index (κ2) is 8.10. The van der Waals surface area contributed by atoms with E-state index in [2.05, 4.69) is 38.2 Å². The number of hydrogen-bond donors (Lipinski definition) is 1. The molecule has 0 bridgehead atoms. The molecule has 0 fully saturated rings.